The van der Waals surface area contributed by atoms with Crippen molar-refractivity contribution in [3.05, 3.63) is 0 Å². The van der Waals surface area contributed by atoms with Crippen LogP contribution in [0, 0.1) is 0 Å². The lowest BCUT2D eigenvalue weighted by Crippen LogP contribution is -2.59. The van der Waals surface area contributed by atoms with Gasteiger partial charge in [-0.05, 0) is 26.7 Å². The van der Waals surface area contributed by atoms with Gasteiger partial charge in [-0.3, -0.25) is 4.90 Å². The van der Waals surface area contributed by atoms with Crippen LogP contribution in [0.15, 0.2) is 0 Å². The van der Waals surface area contributed by atoms with E-state index in [4.69, 9.17) is 4.74 Å². The SMILES string of the molecule is COC(=O)N1CCC(N2CCNCC2)CC1(C)C. The Kier molecular flexibility index (Phi) is 4.12. The summed E-state index contributed by atoms with van der Waals surface area (Å²) in [6, 6.07) is 0.600. The van der Waals surface area contributed by atoms with Crippen LogP contribution in [-0.4, -0.2) is 67.3 Å². The molecule has 1 amide bonds. The molecule has 1 atom stereocenters. The molecule has 0 aromatic rings. The number of hydrogen-bond acceptors (Lipinski definition) is 4. The average Bonchev–Trinajstić information content (AvgIpc) is 2.38. The molecule has 2 saturated heterocycles. The Hall–Kier alpha value is -0.810. The zero-order valence-electron chi connectivity index (χ0n) is 11.7. The third-order valence-corrected chi connectivity index (χ3v) is 4.21. The van der Waals surface area contributed by atoms with Gasteiger partial charge in [0.2, 0.25) is 0 Å². The van der Waals surface area contributed by atoms with Crippen LogP contribution in [0.3, 0.4) is 0 Å². The molecule has 2 rings (SSSR count). The molecule has 0 bridgehead atoms. The molecule has 1 N–H and O–H groups in total. The zero-order valence-corrected chi connectivity index (χ0v) is 11.7. The van der Waals surface area contributed by atoms with Crippen molar-refractivity contribution in [3.8, 4) is 0 Å². The molecular formula is C13H25N3O2. The second-order valence-corrected chi connectivity index (χ2v) is 5.87. The van der Waals surface area contributed by atoms with Crippen LogP contribution in [0.25, 0.3) is 0 Å². The first-order valence-corrected chi connectivity index (χ1v) is 6.85. The highest BCUT2D eigenvalue weighted by Crippen LogP contribution is 2.30. The van der Waals surface area contributed by atoms with Gasteiger partial charge in [0, 0.05) is 44.3 Å². The molecule has 1 unspecified atom stereocenters. The Morgan fingerprint density at radius 3 is 2.50 bits per heavy atom. The summed E-state index contributed by atoms with van der Waals surface area (Å²) in [7, 11) is 1.46. The maximum absolute atomic E-state index is 11.7. The van der Waals surface area contributed by atoms with Crippen molar-refractivity contribution in [2.24, 2.45) is 0 Å². The fraction of sp³-hybridized carbons (Fsp3) is 0.923. The summed E-state index contributed by atoms with van der Waals surface area (Å²) in [5.74, 6) is 0. The van der Waals surface area contributed by atoms with E-state index in [2.05, 4.69) is 24.1 Å². The highest BCUT2D eigenvalue weighted by molar-refractivity contribution is 5.68. The van der Waals surface area contributed by atoms with Crippen molar-refractivity contribution >= 4 is 6.09 Å². The van der Waals surface area contributed by atoms with Crippen LogP contribution < -0.4 is 5.32 Å². The highest BCUT2D eigenvalue weighted by atomic mass is 16.5. The van der Waals surface area contributed by atoms with Crippen LogP contribution in [0.4, 0.5) is 4.79 Å². The van der Waals surface area contributed by atoms with Crippen molar-refractivity contribution < 1.29 is 9.53 Å². The Balaban J connectivity index is 1.98. The molecule has 0 radical (unpaired) electrons. The monoisotopic (exact) mass is 255 g/mol. The molecular weight excluding hydrogens is 230 g/mol. The fourth-order valence-corrected chi connectivity index (χ4v) is 3.18. The number of carbonyl (C=O) groups excluding carboxylic acids is 1. The normalized spacial score (nSPS) is 29.1. The lowest BCUT2D eigenvalue weighted by atomic mass is 9.86. The number of carbonyl (C=O) groups is 1. The van der Waals surface area contributed by atoms with Gasteiger partial charge in [-0.2, -0.15) is 0 Å². The van der Waals surface area contributed by atoms with Crippen LogP contribution in [0.5, 0.6) is 0 Å². The summed E-state index contributed by atoms with van der Waals surface area (Å²) in [6.45, 7) is 9.48. The molecule has 0 spiro atoms. The standard InChI is InChI=1S/C13H25N3O2/c1-13(2)10-11(15-8-5-14-6-9-15)4-7-16(13)12(17)18-3/h11,14H,4-10H2,1-3H3. The smallest absolute Gasteiger partial charge is 0.409 e. The topological polar surface area (TPSA) is 44.8 Å². The van der Waals surface area contributed by atoms with Crippen molar-refractivity contribution in [1.29, 1.82) is 0 Å². The van der Waals surface area contributed by atoms with Gasteiger partial charge >= 0.3 is 6.09 Å². The number of likely N-dealkylation sites (tertiary alicyclic amines) is 1. The van der Waals surface area contributed by atoms with E-state index in [-0.39, 0.29) is 11.6 Å². The van der Waals surface area contributed by atoms with E-state index in [1.807, 2.05) is 4.90 Å². The van der Waals surface area contributed by atoms with Gasteiger partial charge in [-0.15, -0.1) is 0 Å². The molecule has 2 aliphatic rings. The second-order valence-electron chi connectivity index (χ2n) is 5.87. The van der Waals surface area contributed by atoms with Gasteiger partial charge < -0.3 is 15.0 Å². The fourth-order valence-electron chi connectivity index (χ4n) is 3.18. The summed E-state index contributed by atoms with van der Waals surface area (Å²) in [5.41, 5.74) is -0.110. The summed E-state index contributed by atoms with van der Waals surface area (Å²) in [4.78, 5) is 16.2. The molecule has 0 saturated carbocycles. The number of methoxy groups -OCH3 is 1. The number of rotatable bonds is 1. The Morgan fingerprint density at radius 2 is 1.94 bits per heavy atom. The minimum Gasteiger partial charge on any atom is -0.453 e. The lowest BCUT2D eigenvalue weighted by molar-refractivity contribution is 0.0140. The van der Waals surface area contributed by atoms with Crippen molar-refractivity contribution in [3.63, 3.8) is 0 Å². The number of piperazine rings is 1. The summed E-state index contributed by atoms with van der Waals surface area (Å²) >= 11 is 0. The molecule has 0 aromatic heterocycles. The van der Waals surface area contributed by atoms with Crippen molar-refractivity contribution in [2.75, 3.05) is 39.8 Å². The van der Waals surface area contributed by atoms with Gasteiger partial charge in [0.15, 0.2) is 0 Å². The van der Waals surface area contributed by atoms with Crippen molar-refractivity contribution in [1.82, 2.24) is 15.1 Å². The summed E-state index contributed by atoms with van der Waals surface area (Å²) in [6.07, 6.45) is 1.89. The van der Waals surface area contributed by atoms with E-state index in [0.717, 1.165) is 45.6 Å². The van der Waals surface area contributed by atoms with E-state index in [0.29, 0.717) is 6.04 Å². The van der Waals surface area contributed by atoms with E-state index in [1.54, 1.807) is 0 Å². The predicted molar refractivity (Wildman–Crippen MR) is 70.7 cm³/mol. The lowest BCUT2D eigenvalue weighted by Gasteiger charge is -2.48. The molecule has 2 aliphatic heterocycles. The van der Waals surface area contributed by atoms with Gasteiger partial charge in [0.1, 0.15) is 0 Å². The number of ether oxygens (including phenoxy) is 1. The Morgan fingerprint density at radius 1 is 1.28 bits per heavy atom. The van der Waals surface area contributed by atoms with E-state index in [9.17, 15) is 4.79 Å². The van der Waals surface area contributed by atoms with Crippen molar-refractivity contribution in [2.45, 2.75) is 38.3 Å². The minimum absolute atomic E-state index is 0.110. The largest absolute Gasteiger partial charge is 0.453 e. The minimum atomic E-state index is -0.196. The number of nitrogens with one attached hydrogen (secondary N) is 1. The molecule has 5 nitrogen and oxygen atoms in total. The maximum atomic E-state index is 11.7. The molecule has 0 aromatic carbocycles. The number of amides is 1. The molecule has 2 heterocycles. The first-order valence-electron chi connectivity index (χ1n) is 6.85. The maximum Gasteiger partial charge on any atom is 0.409 e. The van der Waals surface area contributed by atoms with E-state index in [1.165, 1.54) is 7.11 Å². The van der Waals surface area contributed by atoms with Crippen LogP contribution in [-0.2, 0) is 4.74 Å². The Bertz CT molecular complexity index is 301. The van der Waals surface area contributed by atoms with Gasteiger partial charge in [-0.1, -0.05) is 0 Å². The highest BCUT2D eigenvalue weighted by Gasteiger charge is 2.40. The number of piperidine rings is 1. The Labute approximate surface area is 109 Å². The van der Waals surface area contributed by atoms with Crippen LogP contribution in [0.1, 0.15) is 26.7 Å². The zero-order chi connectivity index (χ0) is 13.2. The van der Waals surface area contributed by atoms with Crippen LogP contribution >= 0.6 is 0 Å². The average molecular weight is 255 g/mol. The third-order valence-electron chi connectivity index (χ3n) is 4.21. The van der Waals surface area contributed by atoms with Gasteiger partial charge in [-0.25, -0.2) is 4.79 Å². The van der Waals surface area contributed by atoms with E-state index < -0.39 is 0 Å². The molecule has 104 valence electrons. The first-order chi connectivity index (χ1) is 8.54. The first kappa shape index (κ1) is 13.6. The second kappa shape index (κ2) is 5.45. The summed E-state index contributed by atoms with van der Waals surface area (Å²) < 4.78 is 4.87. The van der Waals surface area contributed by atoms with E-state index >= 15 is 0 Å². The summed E-state index contributed by atoms with van der Waals surface area (Å²) in [5, 5.41) is 3.38. The predicted octanol–water partition coefficient (Wildman–Crippen LogP) is 0.901. The molecule has 5 heteroatoms. The van der Waals surface area contributed by atoms with Gasteiger partial charge in [0.25, 0.3) is 0 Å². The molecule has 0 aliphatic carbocycles. The van der Waals surface area contributed by atoms with Gasteiger partial charge in [0.05, 0.1) is 7.11 Å². The molecule has 2 fully saturated rings. The molecule has 18 heavy (non-hydrogen) atoms. The quantitative estimate of drug-likeness (QED) is 0.756. The third kappa shape index (κ3) is 2.78. The van der Waals surface area contributed by atoms with Crippen LogP contribution in [0.2, 0.25) is 0 Å². The number of nitrogens with zero attached hydrogens (tertiary/aromatic N) is 2. The number of hydrogen-bond donors (Lipinski definition) is 1.